The van der Waals surface area contributed by atoms with Crippen LogP contribution in [0.1, 0.15) is 23.7 Å². The highest BCUT2D eigenvalue weighted by molar-refractivity contribution is 6.04. The fraction of sp³-hybridized carbons (Fsp3) is 0.308. The van der Waals surface area contributed by atoms with Gasteiger partial charge in [-0.2, -0.15) is 5.10 Å². The van der Waals surface area contributed by atoms with Crippen LogP contribution in [0, 0.1) is 0 Å². The molecule has 0 spiro atoms. The summed E-state index contributed by atoms with van der Waals surface area (Å²) in [4.78, 5) is 16.2. The minimum atomic E-state index is -0.175. The van der Waals surface area contributed by atoms with E-state index in [0.717, 1.165) is 13.0 Å². The number of carbonyl (C=O) groups excluding carboxylic acids is 1. The average molecular weight is 259 g/mol. The maximum Gasteiger partial charge on any atom is 0.256 e. The Morgan fingerprint density at radius 3 is 2.89 bits per heavy atom. The van der Waals surface area contributed by atoms with E-state index in [4.69, 9.17) is 0 Å². The summed E-state index contributed by atoms with van der Waals surface area (Å²) < 4.78 is 1.61. The standard InChI is InChI=1S/C13H17N5O/c1-3-6-14-11-9-10(4-7-15-11)13(19)17-12-5-8-16-18(12)2/h4-5,7-9H,3,6H2,1-2H3,(H,14,15)(H,17,19). The van der Waals surface area contributed by atoms with Crippen LogP contribution in [0.2, 0.25) is 0 Å². The molecule has 0 atom stereocenters. The monoisotopic (exact) mass is 259 g/mol. The predicted octanol–water partition coefficient (Wildman–Crippen LogP) is 1.89. The molecule has 2 aromatic heterocycles. The van der Waals surface area contributed by atoms with Crippen molar-refractivity contribution >= 4 is 17.5 Å². The molecule has 0 fully saturated rings. The highest BCUT2D eigenvalue weighted by Gasteiger charge is 2.09. The molecule has 0 saturated carbocycles. The lowest BCUT2D eigenvalue weighted by atomic mass is 10.2. The van der Waals surface area contributed by atoms with E-state index >= 15 is 0 Å². The largest absolute Gasteiger partial charge is 0.370 e. The van der Waals surface area contributed by atoms with Crippen molar-refractivity contribution in [2.24, 2.45) is 7.05 Å². The van der Waals surface area contributed by atoms with Crippen molar-refractivity contribution in [3.05, 3.63) is 36.2 Å². The summed E-state index contributed by atoms with van der Waals surface area (Å²) in [6.45, 7) is 2.91. The molecule has 2 rings (SSSR count). The first-order valence-electron chi connectivity index (χ1n) is 6.20. The Bertz CT molecular complexity index is 564. The maximum atomic E-state index is 12.1. The first kappa shape index (κ1) is 13.1. The van der Waals surface area contributed by atoms with Crippen LogP contribution < -0.4 is 10.6 Å². The maximum absolute atomic E-state index is 12.1. The van der Waals surface area contributed by atoms with Gasteiger partial charge in [-0.3, -0.25) is 9.48 Å². The number of hydrogen-bond donors (Lipinski definition) is 2. The van der Waals surface area contributed by atoms with Gasteiger partial charge in [0.1, 0.15) is 11.6 Å². The van der Waals surface area contributed by atoms with Crippen molar-refractivity contribution < 1.29 is 4.79 Å². The number of pyridine rings is 1. The third-order valence-corrected chi connectivity index (χ3v) is 2.64. The highest BCUT2D eigenvalue weighted by atomic mass is 16.1. The van der Waals surface area contributed by atoms with Gasteiger partial charge in [-0.25, -0.2) is 4.98 Å². The molecule has 19 heavy (non-hydrogen) atoms. The highest BCUT2D eigenvalue weighted by Crippen LogP contribution is 2.10. The number of aromatic nitrogens is 3. The second kappa shape index (κ2) is 5.99. The van der Waals surface area contributed by atoms with Gasteiger partial charge >= 0.3 is 0 Å². The molecule has 2 aromatic rings. The Balaban J connectivity index is 2.08. The molecule has 6 heteroatoms. The quantitative estimate of drug-likeness (QED) is 0.860. The number of nitrogens with zero attached hydrogens (tertiary/aromatic N) is 3. The molecule has 0 aromatic carbocycles. The number of hydrogen-bond acceptors (Lipinski definition) is 4. The summed E-state index contributed by atoms with van der Waals surface area (Å²) in [6.07, 6.45) is 4.26. The van der Waals surface area contributed by atoms with E-state index in [0.29, 0.717) is 17.2 Å². The van der Waals surface area contributed by atoms with Gasteiger partial charge in [0.05, 0.1) is 6.20 Å². The van der Waals surface area contributed by atoms with E-state index in [1.165, 1.54) is 0 Å². The molecule has 0 aliphatic rings. The molecule has 0 saturated heterocycles. The number of rotatable bonds is 5. The van der Waals surface area contributed by atoms with Crippen LogP contribution in [-0.4, -0.2) is 27.2 Å². The molecule has 1 amide bonds. The molecule has 0 bridgehead atoms. The molecule has 0 aliphatic carbocycles. The SMILES string of the molecule is CCCNc1cc(C(=O)Nc2ccnn2C)ccn1. The Kier molecular flexibility index (Phi) is 4.12. The van der Waals surface area contributed by atoms with Gasteiger partial charge in [-0.15, -0.1) is 0 Å². The van der Waals surface area contributed by atoms with Crippen molar-refractivity contribution in [1.82, 2.24) is 14.8 Å². The average Bonchev–Trinajstić information content (AvgIpc) is 2.82. The molecule has 0 aliphatic heterocycles. The Labute approximate surface area is 111 Å². The third-order valence-electron chi connectivity index (χ3n) is 2.64. The molecular formula is C13H17N5O. The summed E-state index contributed by atoms with van der Waals surface area (Å²) >= 11 is 0. The van der Waals surface area contributed by atoms with Gasteiger partial charge < -0.3 is 10.6 Å². The van der Waals surface area contributed by atoms with Crippen LogP contribution in [0.5, 0.6) is 0 Å². The van der Waals surface area contributed by atoms with Crippen LogP contribution >= 0.6 is 0 Å². The Morgan fingerprint density at radius 2 is 2.21 bits per heavy atom. The van der Waals surface area contributed by atoms with Gasteiger partial charge in [0, 0.05) is 31.4 Å². The third kappa shape index (κ3) is 3.31. The molecule has 2 N–H and O–H groups in total. The van der Waals surface area contributed by atoms with Crippen LogP contribution in [0.4, 0.5) is 11.6 Å². The van der Waals surface area contributed by atoms with Crippen molar-refractivity contribution in [2.75, 3.05) is 17.2 Å². The van der Waals surface area contributed by atoms with E-state index in [9.17, 15) is 4.79 Å². The van der Waals surface area contributed by atoms with Crippen LogP contribution in [-0.2, 0) is 7.05 Å². The number of aryl methyl sites for hydroxylation is 1. The molecular weight excluding hydrogens is 242 g/mol. The second-order valence-corrected chi connectivity index (χ2v) is 4.15. The topological polar surface area (TPSA) is 71.8 Å². The number of anilines is 2. The van der Waals surface area contributed by atoms with E-state index < -0.39 is 0 Å². The zero-order chi connectivity index (χ0) is 13.7. The molecule has 2 heterocycles. The van der Waals surface area contributed by atoms with E-state index in [2.05, 4.69) is 27.6 Å². The summed E-state index contributed by atoms with van der Waals surface area (Å²) in [5, 5.41) is 9.95. The minimum Gasteiger partial charge on any atom is -0.370 e. The summed E-state index contributed by atoms with van der Waals surface area (Å²) in [5.41, 5.74) is 0.565. The van der Waals surface area contributed by atoms with Crippen molar-refractivity contribution in [3.63, 3.8) is 0 Å². The van der Waals surface area contributed by atoms with Gasteiger partial charge in [0.25, 0.3) is 5.91 Å². The molecule has 100 valence electrons. The van der Waals surface area contributed by atoms with E-state index in [1.807, 2.05) is 0 Å². The van der Waals surface area contributed by atoms with Crippen LogP contribution in [0.15, 0.2) is 30.6 Å². The van der Waals surface area contributed by atoms with Crippen molar-refractivity contribution in [2.45, 2.75) is 13.3 Å². The van der Waals surface area contributed by atoms with Gasteiger partial charge in [-0.05, 0) is 18.6 Å². The van der Waals surface area contributed by atoms with Crippen LogP contribution in [0.3, 0.4) is 0 Å². The first-order valence-corrected chi connectivity index (χ1v) is 6.20. The number of carbonyl (C=O) groups is 1. The summed E-state index contributed by atoms with van der Waals surface area (Å²) in [6, 6.07) is 5.17. The first-order chi connectivity index (χ1) is 9.20. The zero-order valence-electron chi connectivity index (χ0n) is 11.1. The second-order valence-electron chi connectivity index (χ2n) is 4.15. The zero-order valence-corrected chi connectivity index (χ0v) is 11.1. The van der Waals surface area contributed by atoms with Crippen LogP contribution in [0.25, 0.3) is 0 Å². The predicted molar refractivity (Wildman–Crippen MR) is 74.2 cm³/mol. The summed E-state index contributed by atoms with van der Waals surface area (Å²) in [7, 11) is 1.77. The Morgan fingerprint density at radius 1 is 1.37 bits per heavy atom. The van der Waals surface area contributed by atoms with Gasteiger partial charge in [0.2, 0.25) is 0 Å². The molecule has 6 nitrogen and oxygen atoms in total. The number of amides is 1. The van der Waals surface area contributed by atoms with Crippen molar-refractivity contribution in [3.8, 4) is 0 Å². The Hall–Kier alpha value is -2.37. The molecule has 0 radical (unpaired) electrons. The van der Waals surface area contributed by atoms with Gasteiger partial charge in [-0.1, -0.05) is 6.92 Å². The van der Waals surface area contributed by atoms with E-state index in [-0.39, 0.29) is 5.91 Å². The lowest BCUT2D eigenvalue weighted by molar-refractivity contribution is 0.102. The fourth-order valence-electron chi connectivity index (χ4n) is 1.61. The molecule has 0 unspecified atom stereocenters. The summed E-state index contributed by atoms with van der Waals surface area (Å²) in [5.74, 6) is 1.19. The smallest absolute Gasteiger partial charge is 0.256 e. The fourth-order valence-corrected chi connectivity index (χ4v) is 1.61. The van der Waals surface area contributed by atoms with E-state index in [1.54, 1.807) is 42.3 Å². The van der Waals surface area contributed by atoms with Crippen molar-refractivity contribution in [1.29, 1.82) is 0 Å². The lowest BCUT2D eigenvalue weighted by Crippen LogP contribution is -2.15. The normalized spacial score (nSPS) is 10.2. The minimum absolute atomic E-state index is 0.175. The number of nitrogens with one attached hydrogen (secondary N) is 2. The lowest BCUT2D eigenvalue weighted by Gasteiger charge is -2.07. The van der Waals surface area contributed by atoms with Gasteiger partial charge in [0.15, 0.2) is 0 Å².